The van der Waals surface area contributed by atoms with Gasteiger partial charge in [-0.1, -0.05) is 64.2 Å². The highest BCUT2D eigenvalue weighted by Gasteiger charge is 2.32. The molecule has 0 spiro atoms. The number of benzene rings is 2. The van der Waals surface area contributed by atoms with Gasteiger partial charge < -0.3 is 9.26 Å². The lowest BCUT2D eigenvalue weighted by Crippen LogP contribution is -2.50. The monoisotopic (exact) mass is 507 g/mol. The van der Waals surface area contributed by atoms with Crippen LogP contribution in [0.2, 0.25) is 5.02 Å². The van der Waals surface area contributed by atoms with E-state index >= 15 is 0 Å². The second-order valence-electron chi connectivity index (χ2n) is 7.75. The summed E-state index contributed by atoms with van der Waals surface area (Å²) in [5.74, 6) is -0.0564. The van der Waals surface area contributed by atoms with Crippen LogP contribution in [0.25, 0.3) is 22.6 Å². The maximum atomic E-state index is 13.0. The van der Waals surface area contributed by atoms with Crippen molar-refractivity contribution in [1.29, 1.82) is 0 Å². The summed E-state index contributed by atoms with van der Waals surface area (Å²) in [5.41, 5.74) is 3.49. The summed E-state index contributed by atoms with van der Waals surface area (Å²) >= 11 is 18.6. The fraction of sp³-hybridized carbons (Fsp3) is 0.304. The zero-order valence-electron chi connectivity index (χ0n) is 17.4. The molecule has 0 N–H and O–H groups in total. The number of carbonyl (C=O) groups excluding carboxylic acids is 1. The normalized spacial score (nSPS) is 19.0. The number of aromatic nitrogens is 1. The van der Waals surface area contributed by atoms with Gasteiger partial charge in [-0.25, -0.2) is 4.84 Å². The zero-order valence-corrected chi connectivity index (χ0v) is 19.7. The molecule has 0 aliphatic carbocycles. The van der Waals surface area contributed by atoms with Crippen molar-refractivity contribution in [1.82, 2.24) is 10.1 Å². The Bertz CT molecular complexity index is 1160. The predicted molar refractivity (Wildman–Crippen MR) is 126 cm³/mol. The third-order valence-electron chi connectivity index (χ3n) is 5.69. The highest BCUT2D eigenvalue weighted by Crippen LogP contribution is 2.36. The van der Waals surface area contributed by atoms with Crippen LogP contribution in [-0.2, 0) is 20.8 Å². The summed E-state index contributed by atoms with van der Waals surface area (Å²) in [6, 6.07) is 14.7. The standard InChI is InChI=1S/C23H20Cl3N3O4/c24-17-6-2-4-15-12-20(28-7-9-31-10-8-28)33-29(23(30)22(25)26)16-5-1-3-14(11-16)19-13-18(21(15)17)27-32-19/h1-6,11,13,20,22H,7-10,12H2. The van der Waals surface area contributed by atoms with Crippen molar-refractivity contribution in [2.45, 2.75) is 17.5 Å². The van der Waals surface area contributed by atoms with E-state index < -0.39 is 17.0 Å². The van der Waals surface area contributed by atoms with Gasteiger partial charge in [-0.2, -0.15) is 5.06 Å². The van der Waals surface area contributed by atoms with Crippen molar-refractivity contribution in [2.75, 3.05) is 31.4 Å². The van der Waals surface area contributed by atoms with E-state index in [1.54, 1.807) is 18.2 Å². The van der Waals surface area contributed by atoms with Gasteiger partial charge in [-0.05, 0) is 23.8 Å². The van der Waals surface area contributed by atoms with Crippen LogP contribution in [0.3, 0.4) is 0 Å². The van der Waals surface area contributed by atoms with E-state index in [0.29, 0.717) is 60.5 Å². The predicted octanol–water partition coefficient (Wildman–Crippen LogP) is 4.94. The molecule has 2 aliphatic rings. The van der Waals surface area contributed by atoms with Gasteiger partial charge in [0.1, 0.15) is 11.9 Å². The quantitative estimate of drug-likeness (QED) is 0.457. The Morgan fingerprint density at radius 2 is 1.88 bits per heavy atom. The number of morpholine rings is 1. The van der Waals surface area contributed by atoms with E-state index in [-0.39, 0.29) is 0 Å². The number of hydroxylamine groups is 1. The Morgan fingerprint density at radius 3 is 2.67 bits per heavy atom. The molecule has 1 amide bonds. The van der Waals surface area contributed by atoms with Gasteiger partial charge in [0.05, 0.1) is 23.9 Å². The lowest BCUT2D eigenvalue weighted by atomic mass is 9.99. The number of nitrogens with zero attached hydrogens (tertiary/aromatic N) is 3. The van der Waals surface area contributed by atoms with E-state index in [4.69, 9.17) is 48.9 Å². The SMILES string of the molecule is O=C(C(Cl)Cl)N1OC(N2CCOCC2)Cc2cccc(Cl)c2-c2cc(on2)-c2cccc1c2. The maximum absolute atomic E-state index is 13.0. The van der Waals surface area contributed by atoms with Crippen LogP contribution in [-0.4, -0.2) is 53.3 Å². The van der Waals surface area contributed by atoms with Gasteiger partial charge in [-0.3, -0.25) is 9.69 Å². The molecule has 1 saturated heterocycles. The molecule has 1 fully saturated rings. The van der Waals surface area contributed by atoms with Gasteiger partial charge in [0.15, 0.2) is 10.6 Å². The Morgan fingerprint density at radius 1 is 1.09 bits per heavy atom. The first-order valence-electron chi connectivity index (χ1n) is 10.5. The van der Waals surface area contributed by atoms with Gasteiger partial charge in [0, 0.05) is 36.7 Å². The molecule has 2 aromatic carbocycles. The average molecular weight is 509 g/mol. The smallest absolute Gasteiger partial charge is 0.284 e. The first-order chi connectivity index (χ1) is 16.0. The van der Waals surface area contributed by atoms with Crippen LogP contribution >= 0.6 is 34.8 Å². The summed E-state index contributed by atoms with van der Waals surface area (Å²) in [6.45, 7) is 2.40. The third kappa shape index (κ3) is 4.62. The Hall–Kier alpha value is -2.13. The number of carbonyl (C=O) groups is 1. The molecule has 0 radical (unpaired) electrons. The van der Waals surface area contributed by atoms with Gasteiger partial charge >= 0.3 is 0 Å². The Kier molecular flexibility index (Phi) is 6.60. The van der Waals surface area contributed by atoms with Crippen LogP contribution < -0.4 is 5.06 Å². The Balaban J connectivity index is 1.68. The second-order valence-corrected chi connectivity index (χ2v) is 9.25. The number of anilines is 1. The number of hydrogen-bond donors (Lipinski definition) is 0. The Labute approximate surface area is 205 Å². The van der Waals surface area contributed by atoms with Crippen LogP contribution in [0.1, 0.15) is 5.56 Å². The number of halogens is 3. The minimum atomic E-state index is -1.30. The summed E-state index contributed by atoms with van der Waals surface area (Å²) in [6.07, 6.45) is -0.0897. The van der Waals surface area contributed by atoms with Crippen LogP contribution in [0, 0.1) is 0 Å². The molecule has 0 saturated carbocycles. The van der Waals surface area contributed by atoms with Crippen LogP contribution in [0.5, 0.6) is 0 Å². The van der Waals surface area contributed by atoms with E-state index in [2.05, 4.69) is 10.1 Å². The number of fused-ring (bicyclic) bond motifs is 7. The first kappa shape index (κ1) is 22.7. The molecule has 7 nitrogen and oxygen atoms in total. The molecule has 4 bridgehead atoms. The van der Waals surface area contributed by atoms with Crippen molar-refractivity contribution in [3.63, 3.8) is 0 Å². The summed E-state index contributed by atoms with van der Waals surface area (Å²) < 4.78 is 11.2. The number of rotatable bonds is 2. The lowest BCUT2D eigenvalue weighted by molar-refractivity contribution is -0.139. The molecule has 1 atom stereocenters. The number of ether oxygens (including phenoxy) is 1. The summed E-state index contributed by atoms with van der Waals surface area (Å²) in [4.78, 5) is 20.2. The van der Waals surface area contributed by atoms with Gasteiger partial charge in [0.25, 0.3) is 5.91 Å². The molecule has 3 heterocycles. The minimum absolute atomic E-state index is 0.427. The fourth-order valence-electron chi connectivity index (χ4n) is 4.08. The average Bonchev–Trinajstić information content (AvgIpc) is 3.31. The number of amides is 1. The van der Waals surface area contributed by atoms with Crippen molar-refractivity contribution in [3.05, 3.63) is 59.1 Å². The van der Waals surface area contributed by atoms with Gasteiger partial charge in [0.2, 0.25) is 0 Å². The van der Waals surface area contributed by atoms with Crippen LogP contribution in [0.4, 0.5) is 5.69 Å². The largest absolute Gasteiger partial charge is 0.379 e. The first-order valence-corrected chi connectivity index (χ1v) is 11.7. The lowest BCUT2D eigenvalue weighted by Gasteiger charge is -2.37. The van der Waals surface area contributed by atoms with E-state index in [1.807, 2.05) is 30.3 Å². The van der Waals surface area contributed by atoms with Crippen molar-refractivity contribution in [2.24, 2.45) is 0 Å². The van der Waals surface area contributed by atoms with Crippen molar-refractivity contribution < 1.29 is 18.9 Å². The van der Waals surface area contributed by atoms with Gasteiger partial charge in [-0.15, -0.1) is 0 Å². The summed E-state index contributed by atoms with van der Waals surface area (Å²) in [7, 11) is 0. The zero-order chi connectivity index (χ0) is 22.9. The molecule has 172 valence electrons. The van der Waals surface area contributed by atoms with Crippen molar-refractivity contribution in [3.8, 4) is 22.6 Å². The van der Waals surface area contributed by atoms with E-state index in [9.17, 15) is 4.79 Å². The highest BCUT2D eigenvalue weighted by molar-refractivity contribution is 6.54. The molecule has 1 aromatic heterocycles. The van der Waals surface area contributed by atoms with Crippen LogP contribution in [0.15, 0.2) is 53.1 Å². The number of hydrogen-bond acceptors (Lipinski definition) is 6. The molecule has 3 aromatic rings. The molecule has 2 aliphatic heterocycles. The minimum Gasteiger partial charge on any atom is -0.379 e. The second kappa shape index (κ2) is 9.62. The fourth-order valence-corrected chi connectivity index (χ4v) is 4.55. The van der Waals surface area contributed by atoms with E-state index in [1.165, 1.54) is 0 Å². The molecule has 5 rings (SSSR count). The molecular formula is C23H20Cl3N3O4. The highest BCUT2D eigenvalue weighted by atomic mass is 35.5. The molecule has 1 unspecified atom stereocenters. The van der Waals surface area contributed by atoms with E-state index in [0.717, 1.165) is 16.2 Å². The topological polar surface area (TPSA) is 68.0 Å². The molecular weight excluding hydrogens is 489 g/mol. The molecule has 10 heteroatoms. The van der Waals surface area contributed by atoms with Crippen molar-refractivity contribution >= 4 is 46.4 Å². The summed E-state index contributed by atoms with van der Waals surface area (Å²) in [5, 5.41) is 5.99. The third-order valence-corrected chi connectivity index (χ3v) is 6.38. The number of alkyl halides is 2. The maximum Gasteiger partial charge on any atom is 0.284 e. The molecule has 33 heavy (non-hydrogen) atoms.